The number of benzene rings is 1. The maximum atomic E-state index is 11.6. The Hall–Kier alpha value is -2.43. The molecule has 10 nitrogen and oxygen atoms in total. The minimum atomic E-state index is -4.64. The molecule has 1 aliphatic heterocycles. The van der Waals surface area contributed by atoms with Crippen LogP contribution in [0.5, 0.6) is 5.75 Å². The highest BCUT2D eigenvalue weighted by Gasteiger charge is 2.31. The summed E-state index contributed by atoms with van der Waals surface area (Å²) in [6, 6.07) is 13.4. The third-order valence-electron chi connectivity index (χ3n) is 3.85. The average molecular weight is 455 g/mol. The second-order valence-electron chi connectivity index (χ2n) is 6.20. The van der Waals surface area contributed by atoms with Gasteiger partial charge in [-0.2, -0.15) is 0 Å². The second kappa shape index (κ2) is 11.1. The van der Waals surface area contributed by atoms with Crippen molar-refractivity contribution in [3.63, 3.8) is 0 Å². The molecule has 0 bridgehead atoms. The number of anilines is 1. The Labute approximate surface area is 177 Å². The summed E-state index contributed by atoms with van der Waals surface area (Å²) >= 11 is 1.05. The Balaban J connectivity index is 0.000000575. The summed E-state index contributed by atoms with van der Waals surface area (Å²) in [5.74, 6) is 1.47. The third-order valence-corrected chi connectivity index (χ3v) is 4.83. The molecule has 1 saturated heterocycles. The lowest BCUT2D eigenvalue weighted by Crippen LogP contribution is -2.25. The number of hydrogen-bond acceptors (Lipinski definition) is 7. The average Bonchev–Trinajstić information content (AvgIpc) is 2.99. The molecule has 1 aromatic carbocycles. The number of nitrogens with zero attached hydrogens (tertiary/aromatic N) is 2. The van der Waals surface area contributed by atoms with Gasteiger partial charge in [0.25, 0.3) is 5.24 Å². The molecule has 0 saturated carbocycles. The molecule has 30 heavy (non-hydrogen) atoms. The zero-order valence-corrected chi connectivity index (χ0v) is 17.8. The van der Waals surface area contributed by atoms with Crippen LogP contribution in [0.2, 0.25) is 0 Å². The van der Waals surface area contributed by atoms with Gasteiger partial charge in [0, 0.05) is 13.2 Å². The first-order valence-corrected chi connectivity index (χ1v) is 11.2. The fourth-order valence-electron chi connectivity index (χ4n) is 2.46. The number of likely N-dealkylation sites (N-methyl/N-ethyl adjacent to an activating group) is 1. The molecule has 1 atom stereocenters. The Morgan fingerprint density at radius 2 is 1.83 bits per heavy atom. The molecule has 162 valence electrons. The summed E-state index contributed by atoms with van der Waals surface area (Å²) in [5.41, 5.74) is 1.00. The van der Waals surface area contributed by atoms with E-state index in [9.17, 15) is 9.59 Å². The first-order valence-electron chi connectivity index (χ1n) is 8.75. The second-order valence-corrected chi connectivity index (χ2v) is 8.40. The zero-order valence-electron chi connectivity index (χ0n) is 16.0. The van der Waals surface area contributed by atoms with E-state index < -0.39 is 7.82 Å². The van der Waals surface area contributed by atoms with Gasteiger partial charge in [0.2, 0.25) is 5.91 Å². The van der Waals surface area contributed by atoms with Gasteiger partial charge in [-0.15, -0.1) is 0 Å². The minimum Gasteiger partial charge on any atom is -0.492 e. The lowest BCUT2D eigenvalue weighted by Gasteiger charge is -2.18. The summed E-state index contributed by atoms with van der Waals surface area (Å²) in [5, 5.41) is 1.69. The van der Waals surface area contributed by atoms with Crippen molar-refractivity contribution in [2.45, 2.75) is 11.7 Å². The van der Waals surface area contributed by atoms with Crippen molar-refractivity contribution in [1.29, 1.82) is 0 Å². The maximum Gasteiger partial charge on any atom is 0.466 e. The summed E-state index contributed by atoms with van der Waals surface area (Å²) in [4.78, 5) is 50.7. The summed E-state index contributed by atoms with van der Waals surface area (Å²) in [6.07, 6.45) is 2.30. The molecule has 2 aromatic rings. The molecule has 1 fully saturated rings. The number of hydrogen-bond donors (Lipinski definition) is 4. The van der Waals surface area contributed by atoms with Crippen molar-refractivity contribution in [1.82, 2.24) is 10.3 Å². The molecule has 1 unspecified atom stereocenters. The number of ether oxygens (including phenoxy) is 1. The van der Waals surface area contributed by atoms with Crippen LogP contribution in [0.1, 0.15) is 5.56 Å². The fraction of sp³-hybridized carbons (Fsp3) is 0.278. The summed E-state index contributed by atoms with van der Waals surface area (Å²) < 4.78 is 14.6. The summed E-state index contributed by atoms with van der Waals surface area (Å²) in [6.45, 7) is 1.27. The van der Waals surface area contributed by atoms with E-state index in [4.69, 9.17) is 24.0 Å². The van der Waals surface area contributed by atoms with E-state index >= 15 is 0 Å². The van der Waals surface area contributed by atoms with E-state index in [2.05, 4.69) is 10.3 Å². The van der Waals surface area contributed by atoms with E-state index in [0.29, 0.717) is 13.0 Å². The first-order chi connectivity index (χ1) is 14.1. The van der Waals surface area contributed by atoms with Crippen molar-refractivity contribution in [2.75, 3.05) is 25.1 Å². The third kappa shape index (κ3) is 8.93. The number of carbonyl (C=O) groups excluding carboxylic acids is 2. The van der Waals surface area contributed by atoms with E-state index in [1.54, 1.807) is 6.20 Å². The topological polar surface area (TPSA) is 149 Å². The number of thioether (sulfide) groups is 1. The molecule has 4 N–H and O–H groups in total. The van der Waals surface area contributed by atoms with Crippen LogP contribution in [0.3, 0.4) is 0 Å². The van der Waals surface area contributed by atoms with Gasteiger partial charge in [0.15, 0.2) is 0 Å². The van der Waals surface area contributed by atoms with E-state index in [0.717, 1.165) is 35.4 Å². The Kier molecular flexibility index (Phi) is 8.82. The molecule has 1 aliphatic rings. The molecule has 0 spiro atoms. The van der Waals surface area contributed by atoms with Gasteiger partial charge >= 0.3 is 7.82 Å². The van der Waals surface area contributed by atoms with Crippen LogP contribution < -0.4 is 15.0 Å². The number of carbonyl (C=O) groups is 2. The summed E-state index contributed by atoms with van der Waals surface area (Å²) in [7, 11) is -2.67. The van der Waals surface area contributed by atoms with Gasteiger partial charge in [0.05, 0.1) is 11.8 Å². The predicted octanol–water partition coefficient (Wildman–Crippen LogP) is 1.56. The van der Waals surface area contributed by atoms with E-state index in [1.165, 1.54) is 0 Å². The quantitative estimate of drug-likeness (QED) is 0.453. The number of nitrogens with one attached hydrogen (secondary N) is 1. The Morgan fingerprint density at radius 1 is 1.17 bits per heavy atom. The molecule has 2 amide bonds. The van der Waals surface area contributed by atoms with Gasteiger partial charge in [-0.25, -0.2) is 9.55 Å². The van der Waals surface area contributed by atoms with Crippen molar-refractivity contribution in [2.24, 2.45) is 0 Å². The maximum absolute atomic E-state index is 11.6. The van der Waals surface area contributed by atoms with Gasteiger partial charge in [-0.3, -0.25) is 14.9 Å². The molecular weight excluding hydrogens is 433 g/mol. The van der Waals surface area contributed by atoms with Gasteiger partial charge in [-0.05, 0) is 36.2 Å². The lowest BCUT2D eigenvalue weighted by atomic mass is 10.1. The molecule has 1 aromatic heterocycles. The highest BCUT2D eigenvalue weighted by atomic mass is 32.2. The van der Waals surface area contributed by atoms with Crippen LogP contribution in [-0.2, 0) is 15.8 Å². The fourth-order valence-corrected chi connectivity index (χ4v) is 3.32. The molecule has 12 heteroatoms. The first kappa shape index (κ1) is 23.8. The van der Waals surface area contributed by atoms with Crippen molar-refractivity contribution < 1.29 is 33.6 Å². The molecule has 0 radical (unpaired) electrons. The minimum absolute atomic E-state index is 0.215. The SMILES string of the molecule is CN(CCOc1ccc(CC2SC(=O)NC2=O)cc1)c1ccccn1.O=P(O)(O)O. The molecule has 3 rings (SSSR count). The van der Waals surface area contributed by atoms with Gasteiger partial charge < -0.3 is 24.3 Å². The number of rotatable bonds is 7. The van der Waals surface area contributed by atoms with Crippen molar-refractivity contribution in [3.05, 3.63) is 54.2 Å². The van der Waals surface area contributed by atoms with Crippen LogP contribution >= 0.6 is 19.6 Å². The molecule has 2 heterocycles. The Bertz CT molecular complexity index is 884. The number of amides is 2. The highest BCUT2D eigenvalue weighted by molar-refractivity contribution is 8.15. The normalized spacial score (nSPS) is 15.8. The smallest absolute Gasteiger partial charge is 0.466 e. The van der Waals surface area contributed by atoms with Gasteiger partial charge in [0.1, 0.15) is 18.2 Å². The van der Waals surface area contributed by atoms with Crippen molar-refractivity contribution >= 4 is 36.5 Å². The Morgan fingerprint density at radius 3 is 2.37 bits per heavy atom. The van der Waals surface area contributed by atoms with Crippen molar-refractivity contribution in [3.8, 4) is 5.75 Å². The number of imide groups is 1. The molecule has 0 aliphatic carbocycles. The molecular formula is C18H22N3O7PS. The largest absolute Gasteiger partial charge is 0.492 e. The number of aromatic nitrogens is 1. The van der Waals surface area contributed by atoms with E-state index in [-0.39, 0.29) is 16.4 Å². The highest BCUT2D eigenvalue weighted by Crippen LogP contribution is 2.26. The van der Waals surface area contributed by atoms with Crippen LogP contribution in [-0.4, -0.2) is 56.3 Å². The monoisotopic (exact) mass is 455 g/mol. The van der Waals surface area contributed by atoms with E-state index in [1.807, 2.05) is 54.4 Å². The van der Waals surface area contributed by atoms with Crippen LogP contribution in [0, 0.1) is 0 Å². The number of pyridine rings is 1. The predicted molar refractivity (Wildman–Crippen MR) is 112 cm³/mol. The van der Waals surface area contributed by atoms with Crippen LogP contribution in [0.25, 0.3) is 0 Å². The number of phosphoric acid groups is 1. The lowest BCUT2D eigenvalue weighted by molar-refractivity contribution is -0.118. The zero-order chi connectivity index (χ0) is 22.1. The standard InChI is InChI=1S/C18H19N3O3S.H3O4P/c1-21(16-4-2-3-9-19-16)10-11-24-14-7-5-13(6-8-14)12-15-17(22)20-18(23)25-15;1-5(2,3)4/h2-9,15H,10-12H2,1H3,(H,20,22,23);(H3,1,2,3,4). The van der Waals surface area contributed by atoms with Gasteiger partial charge in [-0.1, -0.05) is 30.0 Å². The van der Waals surface area contributed by atoms with Crippen LogP contribution in [0.4, 0.5) is 10.6 Å². The van der Waals surface area contributed by atoms with Crippen LogP contribution in [0.15, 0.2) is 48.7 Å².